The molecule has 1 aliphatic rings. The maximum Gasteiger partial charge on any atom is 0.245 e. The average molecular weight is 566 g/mol. The molecule has 1 saturated heterocycles. The molecule has 2 unspecified atom stereocenters. The second-order valence-corrected chi connectivity index (χ2v) is 11.3. The number of carbonyl (C=O) groups excluding carboxylic acids is 2. The second-order valence-electron chi connectivity index (χ2n) is 10.9. The molecule has 0 spiro atoms. The van der Waals surface area contributed by atoms with Crippen molar-refractivity contribution in [2.45, 2.75) is 58.0 Å². The number of nitrogens with one attached hydrogen (secondary N) is 2. The first-order valence-corrected chi connectivity index (χ1v) is 14.4. The largest absolute Gasteiger partial charge is 0.366 e. The fourth-order valence-electron chi connectivity index (χ4n) is 5.43. The van der Waals surface area contributed by atoms with Crippen molar-refractivity contribution >= 4 is 40.3 Å². The molecule has 40 heavy (non-hydrogen) atoms. The molecular weight excluding hydrogens is 526 g/mol. The van der Waals surface area contributed by atoms with Crippen LogP contribution >= 0.6 is 11.6 Å². The summed E-state index contributed by atoms with van der Waals surface area (Å²) in [6, 6.07) is 10.4. The molecule has 0 bridgehead atoms. The maximum atomic E-state index is 13.4. The molecule has 0 radical (unpaired) electrons. The highest BCUT2D eigenvalue weighted by Crippen LogP contribution is 2.29. The topological polar surface area (TPSA) is 120 Å². The number of carbonyl (C=O) groups is 2. The number of rotatable bonds is 12. The van der Waals surface area contributed by atoms with Crippen LogP contribution in [-0.2, 0) is 9.59 Å². The number of piperidine rings is 1. The van der Waals surface area contributed by atoms with Crippen LogP contribution in [0.2, 0.25) is 5.02 Å². The smallest absolute Gasteiger partial charge is 0.245 e. The highest BCUT2D eigenvalue weighted by atomic mass is 35.5. The van der Waals surface area contributed by atoms with E-state index >= 15 is 0 Å². The van der Waals surface area contributed by atoms with Crippen LogP contribution in [0.15, 0.2) is 48.7 Å². The first kappa shape index (κ1) is 29.6. The quantitative estimate of drug-likeness (QED) is 0.270. The van der Waals surface area contributed by atoms with Gasteiger partial charge in [-0.15, -0.1) is 0 Å². The predicted molar refractivity (Wildman–Crippen MR) is 161 cm³/mol. The van der Waals surface area contributed by atoms with Crippen LogP contribution in [0, 0.1) is 5.92 Å². The van der Waals surface area contributed by atoms with E-state index in [9.17, 15) is 9.59 Å². The molecule has 0 saturated carbocycles. The number of nitrogens with two attached hydrogens (primary N) is 1. The minimum atomic E-state index is -0.475. The zero-order chi connectivity index (χ0) is 28.8. The molecule has 2 amide bonds. The summed E-state index contributed by atoms with van der Waals surface area (Å²) in [4.78, 5) is 41.3. The average Bonchev–Trinajstić information content (AvgIpc) is 3.38. The zero-order valence-corrected chi connectivity index (χ0v) is 24.4. The van der Waals surface area contributed by atoms with Gasteiger partial charge in [-0.1, -0.05) is 50.2 Å². The van der Waals surface area contributed by atoms with Crippen molar-refractivity contribution in [2.24, 2.45) is 11.7 Å². The number of likely N-dealkylation sites (N-methyl/N-ethyl adjacent to an activating group) is 1. The SMILES string of the molecule is C=C(CN(C)C(CC)CCC(C)C(=O)N1CCC[C@@H](Nc2ncc(Cl)c(-c3cc4ccccc4[nH]3)n2)C1)C(N)=O. The number of primary amides is 1. The molecule has 10 heteroatoms. The number of hydrogen-bond donors (Lipinski definition) is 3. The molecule has 0 aliphatic carbocycles. The van der Waals surface area contributed by atoms with Gasteiger partial charge in [-0.25, -0.2) is 9.97 Å². The molecule has 1 aromatic carbocycles. The summed E-state index contributed by atoms with van der Waals surface area (Å²) in [7, 11) is 1.97. The molecule has 4 N–H and O–H groups in total. The number of aromatic nitrogens is 3. The Morgan fingerprint density at radius 2 is 2.10 bits per heavy atom. The van der Waals surface area contributed by atoms with Crippen LogP contribution in [-0.4, -0.2) is 75.3 Å². The van der Waals surface area contributed by atoms with E-state index in [0.717, 1.165) is 55.2 Å². The molecule has 1 aliphatic heterocycles. The number of hydrogen-bond acceptors (Lipinski definition) is 6. The zero-order valence-electron chi connectivity index (χ0n) is 23.6. The van der Waals surface area contributed by atoms with Crippen molar-refractivity contribution in [1.82, 2.24) is 24.8 Å². The summed E-state index contributed by atoms with van der Waals surface area (Å²) in [6.07, 6.45) is 6.00. The lowest BCUT2D eigenvalue weighted by molar-refractivity contribution is -0.136. The first-order chi connectivity index (χ1) is 19.2. The van der Waals surface area contributed by atoms with E-state index in [1.165, 1.54) is 0 Å². The lowest BCUT2D eigenvalue weighted by Crippen LogP contribution is -2.47. The van der Waals surface area contributed by atoms with E-state index in [-0.39, 0.29) is 23.9 Å². The Hall–Kier alpha value is -3.43. The third kappa shape index (κ3) is 7.20. The number of halogens is 1. The highest BCUT2D eigenvalue weighted by molar-refractivity contribution is 6.32. The van der Waals surface area contributed by atoms with E-state index in [2.05, 4.69) is 33.7 Å². The number of aromatic amines is 1. The molecule has 1 fully saturated rings. The fraction of sp³-hybridized carbons (Fsp3) is 0.467. The Labute approximate surface area is 241 Å². The minimum absolute atomic E-state index is 0.0518. The number of fused-ring (bicyclic) bond motifs is 1. The van der Waals surface area contributed by atoms with Gasteiger partial charge in [0.1, 0.15) is 5.69 Å². The van der Waals surface area contributed by atoms with Crippen LogP contribution in [0.25, 0.3) is 22.3 Å². The van der Waals surface area contributed by atoms with Crippen molar-refractivity contribution in [3.63, 3.8) is 0 Å². The van der Waals surface area contributed by atoms with Crippen LogP contribution in [0.3, 0.4) is 0 Å². The molecule has 2 aromatic heterocycles. The molecular formula is C30H40ClN7O2. The second kappa shape index (κ2) is 13.3. The molecule has 214 valence electrons. The van der Waals surface area contributed by atoms with Gasteiger partial charge < -0.3 is 20.9 Å². The number of amides is 2. The van der Waals surface area contributed by atoms with Gasteiger partial charge >= 0.3 is 0 Å². The number of H-pyrrole nitrogens is 1. The van der Waals surface area contributed by atoms with E-state index < -0.39 is 5.91 Å². The highest BCUT2D eigenvalue weighted by Gasteiger charge is 2.28. The van der Waals surface area contributed by atoms with Crippen LogP contribution < -0.4 is 11.1 Å². The number of likely N-dealkylation sites (tertiary alicyclic amines) is 1. The number of nitrogens with zero attached hydrogens (tertiary/aromatic N) is 4. The van der Waals surface area contributed by atoms with Crippen molar-refractivity contribution in [1.29, 1.82) is 0 Å². The van der Waals surface area contributed by atoms with Gasteiger partial charge in [-0.05, 0) is 51.3 Å². The Kier molecular flexibility index (Phi) is 9.81. The molecule has 3 aromatic rings. The minimum Gasteiger partial charge on any atom is -0.366 e. The third-order valence-corrected chi connectivity index (χ3v) is 8.11. The summed E-state index contributed by atoms with van der Waals surface area (Å²) < 4.78 is 0. The molecule has 9 nitrogen and oxygen atoms in total. The van der Waals surface area contributed by atoms with Crippen molar-refractivity contribution in [2.75, 3.05) is 32.0 Å². The summed E-state index contributed by atoms with van der Waals surface area (Å²) >= 11 is 6.47. The number of anilines is 1. The van der Waals surface area contributed by atoms with E-state index in [0.29, 0.717) is 35.3 Å². The summed E-state index contributed by atoms with van der Waals surface area (Å²) in [5.74, 6) is 0.0932. The normalized spacial score (nSPS) is 17.1. The number of benzene rings is 1. The fourth-order valence-corrected chi connectivity index (χ4v) is 5.62. The lowest BCUT2D eigenvalue weighted by atomic mass is 9.96. The van der Waals surface area contributed by atoms with Gasteiger partial charge in [-0.2, -0.15) is 0 Å². The summed E-state index contributed by atoms with van der Waals surface area (Å²) in [5, 5.41) is 5.00. The Bertz CT molecular complexity index is 1320. The van der Waals surface area contributed by atoms with E-state index in [4.69, 9.17) is 22.3 Å². The van der Waals surface area contributed by atoms with Gasteiger partial charge in [-0.3, -0.25) is 14.5 Å². The van der Waals surface area contributed by atoms with Gasteiger partial charge in [0.25, 0.3) is 0 Å². The number of para-hydroxylation sites is 1. The Morgan fingerprint density at radius 1 is 1.32 bits per heavy atom. The summed E-state index contributed by atoms with van der Waals surface area (Å²) in [6.45, 7) is 9.67. The Morgan fingerprint density at radius 3 is 2.83 bits per heavy atom. The third-order valence-electron chi connectivity index (χ3n) is 7.83. The lowest BCUT2D eigenvalue weighted by Gasteiger charge is -2.35. The van der Waals surface area contributed by atoms with Gasteiger partial charge in [0.15, 0.2) is 0 Å². The van der Waals surface area contributed by atoms with E-state index in [1.807, 2.05) is 49.2 Å². The molecule has 3 heterocycles. The maximum absolute atomic E-state index is 13.4. The van der Waals surface area contributed by atoms with Crippen molar-refractivity contribution in [3.8, 4) is 11.4 Å². The first-order valence-electron chi connectivity index (χ1n) is 14.0. The Balaban J connectivity index is 1.34. The molecule has 4 rings (SSSR count). The van der Waals surface area contributed by atoms with E-state index in [1.54, 1.807) is 6.20 Å². The standard InChI is InChI=1S/C30H40ClN7O2/c1-5-23(37(4)17-20(3)28(32)39)13-12-19(2)29(40)38-14-8-10-22(18-38)34-30-33-16-24(31)27(36-30)26-15-21-9-6-7-11-25(21)35-26/h6-7,9,11,15-16,19,22-23,35H,3,5,8,10,12-14,17-18H2,1-2,4H3,(H2,32,39)(H,33,34,36)/t19?,22-,23?/m1/s1. The van der Waals surface area contributed by atoms with Crippen LogP contribution in [0.4, 0.5) is 5.95 Å². The predicted octanol–water partition coefficient (Wildman–Crippen LogP) is 4.85. The van der Waals surface area contributed by atoms with Crippen LogP contribution in [0.1, 0.15) is 46.0 Å². The summed E-state index contributed by atoms with van der Waals surface area (Å²) in [5.41, 5.74) is 8.24. The van der Waals surface area contributed by atoms with Gasteiger partial charge in [0, 0.05) is 54.1 Å². The molecule has 3 atom stereocenters. The van der Waals surface area contributed by atoms with Crippen molar-refractivity contribution in [3.05, 3.63) is 53.7 Å². The van der Waals surface area contributed by atoms with Gasteiger partial charge in [0.2, 0.25) is 17.8 Å². The monoisotopic (exact) mass is 565 g/mol. The van der Waals surface area contributed by atoms with Gasteiger partial charge in [0.05, 0.1) is 16.9 Å². The van der Waals surface area contributed by atoms with Crippen molar-refractivity contribution < 1.29 is 9.59 Å². The van der Waals surface area contributed by atoms with Crippen LogP contribution in [0.5, 0.6) is 0 Å².